The fourth-order valence-electron chi connectivity index (χ4n) is 3.55. The molecule has 14 nitrogen and oxygen atoms in total. The van der Waals surface area contributed by atoms with E-state index in [2.05, 4.69) is 0 Å². The van der Waals surface area contributed by atoms with E-state index >= 15 is 0 Å². The van der Waals surface area contributed by atoms with E-state index in [1.54, 1.807) is 0 Å². The molecular weight excluding hydrogens is 476 g/mol. The molecule has 1 aliphatic heterocycles. The van der Waals surface area contributed by atoms with Gasteiger partial charge < -0.3 is 59.8 Å². The van der Waals surface area contributed by atoms with E-state index in [1.165, 1.54) is 0 Å². The predicted molar refractivity (Wildman–Crippen MR) is 111 cm³/mol. The molecule has 4 rings (SSSR count). The molecule has 0 saturated carbocycles. The number of phenols is 4. The number of phenolic OH excluding ortho intramolecular Hbond substituents is 4. The Bertz CT molecular complexity index is 1360. The first-order chi connectivity index (χ1) is 16.4. The summed E-state index contributed by atoms with van der Waals surface area (Å²) in [5.74, 6) is -6.76. The smallest absolute Gasteiger partial charge is 0.335 e. The van der Waals surface area contributed by atoms with Crippen LogP contribution in [0.25, 0.3) is 22.3 Å². The van der Waals surface area contributed by atoms with Crippen LogP contribution in [-0.2, 0) is 9.53 Å². The first kappa shape index (κ1) is 23.9. The second-order valence-electron chi connectivity index (χ2n) is 7.64. The molecule has 0 aliphatic carbocycles. The summed E-state index contributed by atoms with van der Waals surface area (Å²) in [6, 6.07) is 3.62. The zero-order chi connectivity index (χ0) is 25.8. The summed E-state index contributed by atoms with van der Waals surface area (Å²) >= 11 is 0. The molecule has 5 unspecified atom stereocenters. The summed E-state index contributed by atoms with van der Waals surface area (Å²) in [6.45, 7) is 0. The highest BCUT2D eigenvalue weighted by atomic mass is 16.7. The molecule has 3 aromatic rings. The van der Waals surface area contributed by atoms with Gasteiger partial charge in [-0.1, -0.05) is 0 Å². The highest BCUT2D eigenvalue weighted by Gasteiger charge is 2.48. The van der Waals surface area contributed by atoms with Crippen LogP contribution in [0.5, 0.6) is 34.5 Å². The Kier molecular flexibility index (Phi) is 5.82. The van der Waals surface area contributed by atoms with Crippen molar-refractivity contribution in [2.45, 2.75) is 30.7 Å². The molecule has 1 aromatic heterocycles. The number of aliphatic hydroxyl groups is 3. The Morgan fingerprint density at radius 3 is 2.06 bits per heavy atom. The van der Waals surface area contributed by atoms with Crippen molar-refractivity contribution in [3.63, 3.8) is 0 Å². The molecule has 186 valence electrons. The monoisotopic (exact) mass is 494 g/mol. The number of carboxylic acids is 1. The molecule has 0 spiro atoms. The molecule has 9 N–H and O–H groups in total. The first-order valence-electron chi connectivity index (χ1n) is 9.78. The first-order valence-corrected chi connectivity index (χ1v) is 9.78. The number of aliphatic hydroxyl groups excluding tert-OH is 3. The van der Waals surface area contributed by atoms with E-state index in [4.69, 9.17) is 19.0 Å². The molecule has 0 bridgehead atoms. The highest BCUT2D eigenvalue weighted by Crippen LogP contribution is 2.42. The zero-order valence-corrected chi connectivity index (χ0v) is 17.3. The lowest BCUT2D eigenvalue weighted by Gasteiger charge is -2.38. The summed E-state index contributed by atoms with van der Waals surface area (Å²) in [5.41, 5.74) is -1.74. The Balaban J connectivity index is 1.79. The number of aliphatic carboxylic acids is 1. The van der Waals surface area contributed by atoms with Crippen molar-refractivity contribution in [1.82, 2.24) is 0 Å². The number of benzene rings is 2. The van der Waals surface area contributed by atoms with Crippen molar-refractivity contribution in [2.75, 3.05) is 0 Å². The lowest BCUT2D eigenvalue weighted by atomic mass is 9.99. The van der Waals surface area contributed by atoms with Crippen molar-refractivity contribution in [3.8, 4) is 45.8 Å². The number of ether oxygens (including phenoxy) is 2. The average molecular weight is 494 g/mol. The predicted octanol–water partition coefficient (Wildman–Crippen LogP) is -0.741. The van der Waals surface area contributed by atoms with Gasteiger partial charge in [-0.05, 0) is 12.1 Å². The normalized spacial score (nSPS) is 24.4. The van der Waals surface area contributed by atoms with E-state index in [0.717, 1.165) is 24.3 Å². The van der Waals surface area contributed by atoms with Crippen LogP contribution in [-0.4, -0.2) is 82.6 Å². The van der Waals surface area contributed by atoms with Gasteiger partial charge in [-0.2, -0.15) is 0 Å². The SMILES string of the molecule is O=C(O)C1OC(Oc2cc(O)c3c(=O)c(O)c(-c4cc(O)c(O)c(O)c4)oc3c2)C(O)C(O)C1O. The Morgan fingerprint density at radius 2 is 1.46 bits per heavy atom. The van der Waals surface area contributed by atoms with Gasteiger partial charge in [0.25, 0.3) is 0 Å². The molecule has 35 heavy (non-hydrogen) atoms. The van der Waals surface area contributed by atoms with Crippen LogP contribution in [0.1, 0.15) is 0 Å². The largest absolute Gasteiger partial charge is 0.507 e. The van der Waals surface area contributed by atoms with E-state index in [1.807, 2.05) is 0 Å². The summed E-state index contributed by atoms with van der Waals surface area (Å²) in [5, 5.41) is 88.0. The van der Waals surface area contributed by atoms with Gasteiger partial charge in [0, 0.05) is 17.7 Å². The van der Waals surface area contributed by atoms with Gasteiger partial charge in [0.15, 0.2) is 29.1 Å². The summed E-state index contributed by atoms with van der Waals surface area (Å²) in [7, 11) is 0. The number of hydrogen-bond acceptors (Lipinski definition) is 13. The molecule has 0 amide bonds. The minimum Gasteiger partial charge on any atom is -0.507 e. The second kappa shape index (κ2) is 8.52. The van der Waals surface area contributed by atoms with Crippen LogP contribution >= 0.6 is 0 Å². The standard InChI is InChI=1S/C21H18O14/c22-7-3-6(33-21-17(30)14(27)16(29)19(35-21)20(31)32)4-10-11(7)13(26)15(28)18(34-10)5-1-8(23)12(25)9(24)2-5/h1-4,14,16-17,19,21-25,27-30H,(H,31,32). The van der Waals surface area contributed by atoms with Gasteiger partial charge in [-0.15, -0.1) is 0 Å². The van der Waals surface area contributed by atoms with Crippen LogP contribution in [0.15, 0.2) is 33.5 Å². The maximum absolute atomic E-state index is 12.7. The minimum atomic E-state index is -1.96. The zero-order valence-electron chi connectivity index (χ0n) is 17.3. The van der Waals surface area contributed by atoms with Crippen molar-refractivity contribution < 1.29 is 64.6 Å². The van der Waals surface area contributed by atoms with Crippen LogP contribution < -0.4 is 10.2 Å². The summed E-state index contributed by atoms with van der Waals surface area (Å²) < 4.78 is 15.8. The number of aromatic hydroxyl groups is 5. The topological polar surface area (TPSA) is 248 Å². The third-order valence-electron chi connectivity index (χ3n) is 5.32. The van der Waals surface area contributed by atoms with E-state index in [9.17, 15) is 50.4 Å². The van der Waals surface area contributed by atoms with E-state index < -0.39 is 87.6 Å². The second-order valence-corrected chi connectivity index (χ2v) is 7.64. The summed E-state index contributed by atoms with van der Waals surface area (Å²) in [4.78, 5) is 23.9. The fraction of sp³-hybridized carbons (Fsp3) is 0.238. The van der Waals surface area contributed by atoms with Crippen molar-refractivity contribution in [1.29, 1.82) is 0 Å². The van der Waals surface area contributed by atoms with Crippen molar-refractivity contribution in [2.24, 2.45) is 0 Å². The molecular formula is C21H18O14. The number of carbonyl (C=O) groups is 1. The van der Waals surface area contributed by atoms with Crippen LogP contribution in [0, 0.1) is 0 Å². The van der Waals surface area contributed by atoms with Gasteiger partial charge in [0.05, 0.1) is 0 Å². The third-order valence-corrected chi connectivity index (χ3v) is 5.32. The minimum absolute atomic E-state index is 0.229. The molecule has 1 fully saturated rings. The van der Waals surface area contributed by atoms with E-state index in [-0.39, 0.29) is 11.3 Å². The van der Waals surface area contributed by atoms with Gasteiger partial charge in [0.1, 0.15) is 40.8 Å². The average Bonchev–Trinajstić information content (AvgIpc) is 2.79. The lowest BCUT2D eigenvalue weighted by molar-refractivity contribution is -0.271. The molecule has 14 heteroatoms. The van der Waals surface area contributed by atoms with Gasteiger partial charge >= 0.3 is 5.97 Å². The quantitative estimate of drug-likeness (QED) is 0.203. The summed E-state index contributed by atoms with van der Waals surface area (Å²) in [6.07, 6.45) is -9.62. The maximum Gasteiger partial charge on any atom is 0.335 e. The molecule has 2 aromatic carbocycles. The Labute approximate surface area is 193 Å². The van der Waals surface area contributed by atoms with Gasteiger partial charge in [-0.25, -0.2) is 4.79 Å². The van der Waals surface area contributed by atoms with Crippen molar-refractivity contribution in [3.05, 3.63) is 34.5 Å². The molecule has 1 aliphatic rings. The molecule has 1 saturated heterocycles. The molecule has 2 heterocycles. The van der Waals surface area contributed by atoms with Crippen LogP contribution in [0.4, 0.5) is 0 Å². The van der Waals surface area contributed by atoms with Crippen LogP contribution in [0.3, 0.4) is 0 Å². The molecule has 5 atom stereocenters. The number of rotatable bonds is 4. The van der Waals surface area contributed by atoms with Gasteiger partial charge in [0.2, 0.25) is 17.5 Å². The number of fused-ring (bicyclic) bond motifs is 1. The van der Waals surface area contributed by atoms with Crippen LogP contribution in [0.2, 0.25) is 0 Å². The highest BCUT2D eigenvalue weighted by molar-refractivity contribution is 5.88. The van der Waals surface area contributed by atoms with Gasteiger partial charge in [-0.3, -0.25) is 4.79 Å². The van der Waals surface area contributed by atoms with Crippen molar-refractivity contribution >= 4 is 16.9 Å². The number of carboxylic acid groups (broad SMARTS) is 1. The lowest BCUT2D eigenvalue weighted by Crippen LogP contribution is -2.61. The van der Waals surface area contributed by atoms with E-state index in [0.29, 0.717) is 0 Å². The fourth-order valence-corrected chi connectivity index (χ4v) is 3.55. The Hall–Kier alpha value is -4.24. The number of hydrogen-bond donors (Lipinski definition) is 9. The third kappa shape index (κ3) is 4.00. The molecule has 0 radical (unpaired) electrons. The maximum atomic E-state index is 12.7. The Morgan fingerprint density at radius 1 is 0.829 bits per heavy atom.